The number of nitrogens with two attached hydrogens (primary N) is 2. The lowest BCUT2D eigenvalue weighted by atomic mass is 10.3. The van der Waals surface area contributed by atoms with E-state index in [-0.39, 0.29) is 19.9 Å². The van der Waals surface area contributed by atoms with Crippen LogP contribution in [-0.2, 0) is 4.79 Å². The van der Waals surface area contributed by atoms with E-state index in [1.807, 2.05) is 17.3 Å². The molecule has 1 rings (SSSR count). The van der Waals surface area contributed by atoms with Gasteiger partial charge in [-0.2, -0.15) is 18.7 Å². The molecule has 0 fully saturated rings. The molecule has 0 spiro atoms. The van der Waals surface area contributed by atoms with Crippen molar-refractivity contribution in [2.75, 3.05) is 33.2 Å². The highest BCUT2D eigenvalue weighted by molar-refractivity contribution is 5.81. The molecular formula is C17H31F3N6O3+2. The number of carbonyl (C=O) groups excluding carboxylic acids is 1. The topological polar surface area (TPSA) is 130 Å². The molecule has 0 unspecified atom stereocenters. The average molecular weight is 424 g/mol. The van der Waals surface area contributed by atoms with E-state index in [2.05, 4.69) is 5.32 Å². The van der Waals surface area contributed by atoms with E-state index in [4.69, 9.17) is 10.9 Å². The summed E-state index contributed by atoms with van der Waals surface area (Å²) in [4.78, 5) is 12.6. The van der Waals surface area contributed by atoms with Gasteiger partial charge >= 0.3 is 18.0 Å². The Bertz CT molecular complexity index is 670. The third-order valence-corrected chi connectivity index (χ3v) is 3.81. The second-order valence-corrected chi connectivity index (χ2v) is 6.08. The quantitative estimate of drug-likeness (QED) is 0.0607. The van der Waals surface area contributed by atoms with Gasteiger partial charge in [-0.3, -0.25) is 15.8 Å². The predicted molar refractivity (Wildman–Crippen MR) is 101 cm³/mol. The second kappa shape index (κ2) is 12.8. The highest BCUT2D eigenvalue weighted by Gasteiger charge is 2.38. The molecule has 1 amide bonds. The lowest BCUT2D eigenvalue weighted by molar-refractivity contribution is -0.830. The van der Waals surface area contributed by atoms with Gasteiger partial charge in [0.2, 0.25) is 11.4 Å². The van der Waals surface area contributed by atoms with Crippen molar-refractivity contribution in [1.82, 2.24) is 15.5 Å². The number of rotatable bonds is 10. The summed E-state index contributed by atoms with van der Waals surface area (Å²) in [7, 11) is 1.81. The van der Waals surface area contributed by atoms with Crippen LogP contribution in [0.5, 0.6) is 0 Å². The molecular weight excluding hydrogens is 393 g/mol. The van der Waals surface area contributed by atoms with Crippen molar-refractivity contribution >= 4 is 23.2 Å². The molecule has 0 aliphatic rings. The van der Waals surface area contributed by atoms with Gasteiger partial charge in [0.15, 0.2) is 0 Å². The number of benzene rings is 1. The van der Waals surface area contributed by atoms with Crippen LogP contribution in [0.1, 0.15) is 20.3 Å². The Labute approximate surface area is 167 Å². The van der Waals surface area contributed by atoms with Gasteiger partial charge in [-0.15, -0.1) is 0 Å². The van der Waals surface area contributed by atoms with E-state index < -0.39 is 12.1 Å². The standard InChI is InChI=1S/C16H25F3N6O3.CH4/c1-24(10-4-8-21-14(26)16(17,18)19)11-5-9-22-15(20)25(28)13-7-3-2-6-12(13)23-27;/h2-3,6-7,23,27-28H,4-5,8-11H2,1H3,(H3,20,21,22,26);1H4/p+2. The maximum atomic E-state index is 12.0. The van der Waals surface area contributed by atoms with E-state index >= 15 is 0 Å². The van der Waals surface area contributed by atoms with Gasteiger partial charge in [0, 0.05) is 19.2 Å². The van der Waals surface area contributed by atoms with Crippen molar-refractivity contribution < 1.29 is 38.6 Å². The van der Waals surface area contributed by atoms with E-state index in [0.29, 0.717) is 43.9 Å². The zero-order chi connectivity index (χ0) is 21.2. The zero-order valence-corrected chi connectivity index (χ0v) is 15.5. The molecule has 0 aliphatic heterocycles. The number of hydrogen-bond acceptors (Lipinski definition) is 4. The fourth-order valence-electron chi connectivity index (χ4n) is 2.32. The highest BCUT2D eigenvalue weighted by atomic mass is 19.4. The maximum absolute atomic E-state index is 12.0. The maximum Gasteiger partial charge on any atom is 0.471 e. The summed E-state index contributed by atoms with van der Waals surface area (Å²) in [6.45, 7) is 1.55. The Hall–Kier alpha value is -2.57. The Morgan fingerprint density at radius 3 is 2.31 bits per heavy atom. The minimum Gasteiger partial charge on any atom is -0.371 e. The average Bonchev–Trinajstić information content (AvgIpc) is 2.66. The number of nitrogens with zero attached hydrogens (tertiary/aromatic N) is 2. The van der Waals surface area contributed by atoms with E-state index in [0.717, 1.165) is 10.2 Å². The summed E-state index contributed by atoms with van der Waals surface area (Å²) in [6, 6.07) is 6.58. The van der Waals surface area contributed by atoms with E-state index in [9.17, 15) is 23.2 Å². The Morgan fingerprint density at radius 2 is 1.76 bits per heavy atom. The number of alkyl halides is 3. The summed E-state index contributed by atoms with van der Waals surface area (Å²) in [6.07, 6.45) is -3.81. The molecule has 166 valence electrons. The molecule has 0 radical (unpaired) electrons. The largest absolute Gasteiger partial charge is 0.471 e. The molecule has 0 aromatic heterocycles. The van der Waals surface area contributed by atoms with Gasteiger partial charge in [-0.1, -0.05) is 24.3 Å². The van der Waals surface area contributed by atoms with E-state index in [1.165, 1.54) is 0 Å². The molecule has 12 heteroatoms. The molecule has 29 heavy (non-hydrogen) atoms. The fraction of sp³-hybridized carbons (Fsp3) is 0.529. The summed E-state index contributed by atoms with van der Waals surface area (Å²) in [5.41, 5.74) is 7.36. The first-order chi connectivity index (χ1) is 13.2. The van der Waals surface area contributed by atoms with Gasteiger partial charge in [0.25, 0.3) is 0 Å². The van der Waals surface area contributed by atoms with E-state index in [1.54, 1.807) is 24.3 Å². The van der Waals surface area contributed by atoms with Gasteiger partial charge in [0.1, 0.15) is 0 Å². The minimum absolute atomic E-state index is 0. The molecule has 1 aromatic rings. The Morgan fingerprint density at radius 1 is 1.21 bits per heavy atom. The number of halogens is 3. The highest BCUT2D eigenvalue weighted by Crippen LogP contribution is 2.17. The van der Waals surface area contributed by atoms with Gasteiger partial charge < -0.3 is 15.4 Å². The van der Waals surface area contributed by atoms with Crippen LogP contribution in [0.15, 0.2) is 24.3 Å². The molecule has 0 heterocycles. The minimum atomic E-state index is -4.86. The molecule has 1 aromatic carbocycles. The summed E-state index contributed by atoms with van der Waals surface area (Å²) in [5, 5.41) is 23.9. The third kappa shape index (κ3) is 9.45. The molecule has 9 nitrogen and oxygen atoms in total. The van der Waals surface area contributed by atoms with Crippen LogP contribution in [0.4, 0.5) is 24.5 Å². The number of amides is 1. The number of hydrogen-bond donors (Lipinski definition) is 6. The molecule has 8 N–H and O–H groups in total. The van der Waals surface area contributed by atoms with Crippen molar-refractivity contribution in [2.45, 2.75) is 26.4 Å². The van der Waals surface area contributed by atoms with Crippen molar-refractivity contribution in [2.24, 2.45) is 5.73 Å². The summed E-state index contributed by atoms with van der Waals surface area (Å²) < 4.78 is 36.8. The first kappa shape index (κ1) is 26.4. The third-order valence-electron chi connectivity index (χ3n) is 3.81. The molecule has 0 atom stereocenters. The normalized spacial score (nSPS) is 12.2. The summed E-state index contributed by atoms with van der Waals surface area (Å²) >= 11 is 0. The molecule has 0 aliphatic carbocycles. The SMILES string of the molecule is C.CN(CCCNC(=O)C(F)(F)F)CCCN/C(N)=[N+](\O)c1ccccc1[NH2+]O. The lowest BCUT2D eigenvalue weighted by Gasteiger charge is -2.16. The number of para-hydroxylation sites is 2. The first-order valence-corrected chi connectivity index (χ1v) is 8.62. The van der Waals surface area contributed by atoms with Gasteiger partial charge in [-0.05, 0) is 32.5 Å². The monoisotopic (exact) mass is 424 g/mol. The lowest BCUT2D eigenvalue weighted by Crippen LogP contribution is -2.74. The number of guanidine groups is 1. The van der Waals surface area contributed by atoms with Gasteiger partial charge in [-0.25, -0.2) is 5.21 Å². The van der Waals surface area contributed by atoms with Crippen LogP contribution >= 0.6 is 0 Å². The van der Waals surface area contributed by atoms with Crippen molar-refractivity contribution in [3.05, 3.63) is 24.3 Å². The number of nitrogens with one attached hydrogen (secondary N) is 2. The first-order valence-electron chi connectivity index (χ1n) is 8.62. The van der Waals surface area contributed by atoms with Crippen LogP contribution < -0.4 is 21.8 Å². The van der Waals surface area contributed by atoms with Crippen LogP contribution in [0.2, 0.25) is 0 Å². The summed E-state index contributed by atoms with van der Waals surface area (Å²) in [5.74, 6) is -1.94. The Kier molecular flexibility index (Phi) is 11.7. The molecule has 0 saturated heterocycles. The van der Waals surface area contributed by atoms with Crippen LogP contribution in [0.25, 0.3) is 0 Å². The molecule has 0 saturated carbocycles. The number of carbonyl (C=O) groups is 1. The van der Waals surface area contributed by atoms with Crippen molar-refractivity contribution in [1.29, 1.82) is 0 Å². The number of quaternary nitrogens is 1. The second-order valence-electron chi connectivity index (χ2n) is 6.08. The molecule has 0 bridgehead atoms. The van der Waals surface area contributed by atoms with Crippen LogP contribution in [-0.4, -0.2) is 71.3 Å². The van der Waals surface area contributed by atoms with Crippen LogP contribution in [0, 0.1) is 0 Å². The fourth-order valence-corrected chi connectivity index (χ4v) is 2.32. The van der Waals surface area contributed by atoms with Gasteiger partial charge in [0.05, 0.1) is 6.54 Å². The predicted octanol–water partition coefficient (Wildman–Crippen LogP) is 0.235. The van der Waals surface area contributed by atoms with Crippen molar-refractivity contribution in [3.8, 4) is 0 Å². The smallest absolute Gasteiger partial charge is 0.371 e. The van der Waals surface area contributed by atoms with Crippen molar-refractivity contribution in [3.63, 3.8) is 0 Å². The van der Waals surface area contributed by atoms with Crippen LogP contribution in [0.3, 0.4) is 0 Å². The Balaban J connectivity index is 0.00000784. The zero-order valence-electron chi connectivity index (χ0n) is 15.5.